The fraction of sp³-hybridized carbons (Fsp3) is 0.588. The molecule has 3 N–H and O–H groups in total. The van der Waals surface area contributed by atoms with Gasteiger partial charge in [-0.2, -0.15) is 0 Å². The molecule has 0 saturated heterocycles. The van der Waals surface area contributed by atoms with Gasteiger partial charge in [-0.3, -0.25) is 4.79 Å². The highest BCUT2D eigenvalue weighted by Gasteiger charge is 2.33. The Morgan fingerprint density at radius 3 is 2.33 bits per heavy atom. The van der Waals surface area contributed by atoms with Gasteiger partial charge in [0.25, 0.3) is 0 Å². The quantitative estimate of drug-likeness (QED) is 0.796. The van der Waals surface area contributed by atoms with Crippen LogP contribution in [-0.4, -0.2) is 17.5 Å². The molecule has 3 nitrogen and oxygen atoms in total. The summed E-state index contributed by atoms with van der Waals surface area (Å²) in [5.41, 5.74) is 6.14. The highest BCUT2D eigenvalue weighted by molar-refractivity contribution is 9.10. The molecule has 0 radical (unpaired) electrons. The predicted molar refractivity (Wildman–Crippen MR) is 90.1 cm³/mol. The number of carbonyl (C=O) groups excluding carboxylic acids is 1. The molecule has 1 amide bonds. The first kappa shape index (κ1) is 16.5. The summed E-state index contributed by atoms with van der Waals surface area (Å²) in [7, 11) is 0. The first-order chi connectivity index (χ1) is 9.99. The fourth-order valence-electron chi connectivity index (χ4n) is 3.09. The van der Waals surface area contributed by atoms with E-state index in [1.54, 1.807) is 0 Å². The lowest BCUT2D eigenvalue weighted by Gasteiger charge is -2.32. The van der Waals surface area contributed by atoms with Crippen molar-refractivity contribution in [3.63, 3.8) is 0 Å². The van der Waals surface area contributed by atoms with E-state index < -0.39 is 5.54 Å². The van der Waals surface area contributed by atoms with Gasteiger partial charge in [-0.05, 0) is 43.9 Å². The Morgan fingerprint density at radius 2 is 1.81 bits per heavy atom. The van der Waals surface area contributed by atoms with Crippen molar-refractivity contribution in [2.45, 2.75) is 63.5 Å². The number of halogens is 1. The van der Waals surface area contributed by atoms with Gasteiger partial charge in [-0.25, -0.2) is 0 Å². The largest absolute Gasteiger partial charge is 0.368 e. The number of primary amides is 1. The molecular weight excluding hydrogens is 328 g/mol. The van der Waals surface area contributed by atoms with Crippen molar-refractivity contribution in [1.82, 2.24) is 5.32 Å². The number of rotatable bonds is 5. The predicted octanol–water partition coefficient (Wildman–Crippen LogP) is 3.55. The molecule has 1 aliphatic rings. The Bertz CT molecular complexity index is 466. The Labute approximate surface area is 135 Å². The van der Waals surface area contributed by atoms with E-state index in [2.05, 4.69) is 21.2 Å². The van der Waals surface area contributed by atoms with E-state index in [4.69, 9.17) is 5.73 Å². The van der Waals surface area contributed by atoms with Gasteiger partial charge in [-0.15, -0.1) is 0 Å². The van der Waals surface area contributed by atoms with Crippen LogP contribution in [0.15, 0.2) is 28.7 Å². The third-order valence-electron chi connectivity index (χ3n) is 4.39. The van der Waals surface area contributed by atoms with Crippen molar-refractivity contribution >= 4 is 21.8 Å². The molecule has 1 atom stereocenters. The van der Waals surface area contributed by atoms with Crippen molar-refractivity contribution in [3.8, 4) is 0 Å². The van der Waals surface area contributed by atoms with E-state index in [0.29, 0.717) is 12.5 Å². The maximum Gasteiger partial charge on any atom is 0.237 e. The summed E-state index contributed by atoms with van der Waals surface area (Å²) >= 11 is 3.44. The van der Waals surface area contributed by atoms with Gasteiger partial charge in [0.15, 0.2) is 0 Å². The molecule has 2 rings (SSSR count). The van der Waals surface area contributed by atoms with Gasteiger partial charge in [0.2, 0.25) is 5.91 Å². The minimum atomic E-state index is -0.678. The van der Waals surface area contributed by atoms with E-state index in [0.717, 1.165) is 22.9 Å². The topological polar surface area (TPSA) is 55.1 Å². The monoisotopic (exact) mass is 352 g/mol. The number of nitrogens with two attached hydrogens (primary N) is 1. The molecule has 21 heavy (non-hydrogen) atoms. The van der Waals surface area contributed by atoms with Crippen LogP contribution in [0.2, 0.25) is 0 Å². The van der Waals surface area contributed by atoms with Crippen LogP contribution < -0.4 is 11.1 Å². The molecule has 0 bridgehead atoms. The summed E-state index contributed by atoms with van der Waals surface area (Å²) in [6, 6.07) is 8.49. The van der Waals surface area contributed by atoms with Crippen LogP contribution in [-0.2, 0) is 11.2 Å². The molecule has 4 heteroatoms. The van der Waals surface area contributed by atoms with Crippen LogP contribution in [0.4, 0.5) is 0 Å². The SMILES string of the molecule is CC(Cc1ccc(Br)cc1)(NC1CCCCCC1)C(N)=O. The van der Waals surface area contributed by atoms with E-state index in [1.807, 2.05) is 31.2 Å². The molecule has 0 aromatic heterocycles. The zero-order chi connectivity index (χ0) is 15.3. The number of nitrogens with one attached hydrogen (secondary N) is 1. The van der Waals surface area contributed by atoms with Gasteiger partial charge in [-0.1, -0.05) is 53.7 Å². The molecule has 0 heterocycles. The Balaban J connectivity index is 2.07. The zero-order valence-corrected chi connectivity index (χ0v) is 14.3. The summed E-state index contributed by atoms with van der Waals surface area (Å²) in [5.74, 6) is -0.269. The number of benzene rings is 1. The minimum Gasteiger partial charge on any atom is -0.368 e. The van der Waals surface area contributed by atoms with Crippen LogP contribution in [0.3, 0.4) is 0 Å². The summed E-state index contributed by atoms with van der Waals surface area (Å²) < 4.78 is 1.05. The Kier molecular flexibility index (Phi) is 5.82. The number of amides is 1. The summed E-state index contributed by atoms with van der Waals surface area (Å²) in [6.07, 6.45) is 8.00. The minimum absolute atomic E-state index is 0.269. The van der Waals surface area contributed by atoms with E-state index in [1.165, 1.54) is 25.7 Å². The number of hydrogen-bond acceptors (Lipinski definition) is 2. The lowest BCUT2D eigenvalue weighted by Crippen LogP contribution is -2.58. The molecular formula is C17H25BrN2O. The van der Waals surface area contributed by atoms with Gasteiger partial charge < -0.3 is 11.1 Å². The van der Waals surface area contributed by atoms with Gasteiger partial charge in [0.1, 0.15) is 0 Å². The lowest BCUT2D eigenvalue weighted by molar-refractivity contribution is -0.124. The van der Waals surface area contributed by atoms with Crippen LogP contribution in [0, 0.1) is 0 Å². The van der Waals surface area contributed by atoms with Crippen molar-refractivity contribution < 1.29 is 4.79 Å². The fourth-order valence-corrected chi connectivity index (χ4v) is 3.36. The Hall–Kier alpha value is -0.870. The highest BCUT2D eigenvalue weighted by atomic mass is 79.9. The summed E-state index contributed by atoms with van der Waals surface area (Å²) in [5, 5.41) is 3.55. The molecule has 116 valence electrons. The number of hydrogen-bond donors (Lipinski definition) is 2. The van der Waals surface area contributed by atoms with Crippen LogP contribution in [0.5, 0.6) is 0 Å². The second-order valence-corrected chi connectivity index (χ2v) is 7.25. The average Bonchev–Trinajstić information content (AvgIpc) is 2.70. The maximum atomic E-state index is 12.0. The van der Waals surface area contributed by atoms with Crippen LogP contribution in [0.1, 0.15) is 51.0 Å². The van der Waals surface area contributed by atoms with E-state index in [9.17, 15) is 4.79 Å². The summed E-state index contributed by atoms with van der Waals surface area (Å²) in [4.78, 5) is 12.0. The molecule has 1 aromatic carbocycles. The molecule has 1 unspecified atom stereocenters. The van der Waals surface area contributed by atoms with Crippen LogP contribution in [0.25, 0.3) is 0 Å². The average molecular weight is 353 g/mol. The standard InChI is InChI=1S/C17H25BrN2O/c1-17(16(19)21,12-13-8-10-14(18)11-9-13)20-15-6-4-2-3-5-7-15/h8-11,15,20H,2-7,12H2,1H3,(H2,19,21). The molecule has 1 aromatic rings. The Morgan fingerprint density at radius 1 is 1.24 bits per heavy atom. The van der Waals surface area contributed by atoms with Crippen molar-refractivity contribution in [1.29, 1.82) is 0 Å². The van der Waals surface area contributed by atoms with E-state index >= 15 is 0 Å². The number of carbonyl (C=O) groups is 1. The zero-order valence-electron chi connectivity index (χ0n) is 12.7. The normalized spacial score (nSPS) is 19.7. The molecule has 1 fully saturated rings. The molecule has 1 saturated carbocycles. The third kappa shape index (κ3) is 4.82. The van der Waals surface area contributed by atoms with Gasteiger partial charge >= 0.3 is 0 Å². The second-order valence-electron chi connectivity index (χ2n) is 6.33. The van der Waals surface area contributed by atoms with Gasteiger partial charge in [0, 0.05) is 10.5 Å². The molecule has 0 aliphatic heterocycles. The lowest BCUT2D eigenvalue weighted by atomic mass is 9.90. The van der Waals surface area contributed by atoms with Crippen molar-refractivity contribution in [3.05, 3.63) is 34.3 Å². The maximum absolute atomic E-state index is 12.0. The van der Waals surface area contributed by atoms with Crippen molar-refractivity contribution in [2.24, 2.45) is 5.73 Å². The van der Waals surface area contributed by atoms with Crippen LogP contribution >= 0.6 is 15.9 Å². The van der Waals surface area contributed by atoms with Crippen molar-refractivity contribution in [2.75, 3.05) is 0 Å². The smallest absolute Gasteiger partial charge is 0.237 e. The molecule has 0 spiro atoms. The van der Waals surface area contributed by atoms with E-state index in [-0.39, 0.29) is 5.91 Å². The molecule has 1 aliphatic carbocycles. The third-order valence-corrected chi connectivity index (χ3v) is 4.92. The highest BCUT2D eigenvalue weighted by Crippen LogP contribution is 2.22. The summed E-state index contributed by atoms with van der Waals surface area (Å²) in [6.45, 7) is 1.93. The second kappa shape index (κ2) is 7.41. The first-order valence-electron chi connectivity index (χ1n) is 7.82. The first-order valence-corrected chi connectivity index (χ1v) is 8.61. The van der Waals surface area contributed by atoms with Gasteiger partial charge in [0.05, 0.1) is 5.54 Å².